The summed E-state index contributed by atoms with van der Waals surface area (Å²) in [6.45, 7) is 3.00. The number of anilines is 1. The number of hydrogen-bond acceptors (Lipinski definition) is 4. The number of carbonyl (C=O) groups excluding carboxylic acids is 2. The minimum Gasteiger partial charge on any atom is -0.482 e. The van der Waals surface area contributed by atoms with Crippen molar-refractivity contribution in [3.8, 4) is 5.75 Å². The Morgan fingerprint density at radius 1 is 1.45 bits per heavy atom. The summed E-state index contributed by atoms with van der Waals surface area (Å²) >= 11 is 5.80. The largest absolute Gasteiger partial charge is 0.482 e. The van der Waals surface area contributed by atoms with Gasteiger partial charge < -0.3 is 9.84 Å². The quantitative estimate of drug-likeness (QED) is 0.662. The van der Waals surface area contributed by atoms with E-state index in [1.807, 2.05) is 0 Å². The summed E-state index contributed by atoms with van der Waals surface area (Å²) in [5.41, 5.74) is 0.596. The molecule has 0 aliphatic carbocycles. The number of amides is 1. The molecule has 0 aromatic heterocycles. The number of alkyl halides is 1. The molecule has 1 aromatic carbocycles. The Morgan fingerprint density at radius 2 is 2.14 bits per heavy atom. The fourth-order valence-corrected chi connectivity index (χ4v) is 2.49. The molecule has 7 heteroatoms. The Hall–Kier alpha value is -2.08. The number of fused-ring (bicyclic) bond motifs is 1. The monoisotopic (exact) mass is 325 g/mol. The molecule has 1 amide bonds. The zero-order valence-corrected chi connectivity index (χ0v) is 13.0. The fraction of sp³-hybridized carbons (Fsp3) is 0.400. The maximum absolute atomic E-state index is 12.1. The standard InChI is InChI=1S/C15H16ClNO5/c1-3-10(15(20)21)17-11-6-9(14(19)8(2)16)4-5-12(11)22-7-13(17)18/h4-6,8,10H,3,7H2,1-2H3,(H,20,21). The second kappa shape index (κ2) is 6.36. The Balaban J connectivity index is 2.52. The molecule has 1 heterocycles. The molecule has 0 fully saturated rings. The Labute approximate surface area is 132 Å². The van der Waals surface area contributed by atoms with Crippen molar-refractivity contribution in [1.82, 2.24) is 0 Å². The molecule has 2 atom stereocenters. The van der Waals surface area contributed by atoms with Gasteiger partial charge in [0, 0.05) is 5.56 Å². The SMILES string of the molecule is CCC(C(=O)O)N1C(=O)COc2ccc(C(=O)C(C)Cl)cc21. The summed E-state index contributed by atoms with van der Waals surface area (Å²) in [6.07, 6.45) is 0.241. The van der Waals surface area contributed by atoms with Gasteiger partial charge >= 0.3 is 5.97 Å². The number of benzene rings is 1. The van der Waals surface area contributed by atoms with Crippen molar-refractivity contribution in [2.75, 3.05) is 11.5 Å². The molecule has 0 saturated heterocycles. The predicted molar refractivity (Wildman–Crippen MR) is 80.8 cm³/mol. The van der Waals surface area contributed by atoms with Gasteiger partial charge in [0.05, 0.1) is 11.1 Å². The zero-order valence-electron chi connectivity index (χ0n) is 12.2. The van der Waals surface area contributed by atoms with Crippen LogP contribution in [0.25, 0.3) is 0 Å². The van der Waals surface area contributed by atoms with Gasteiger partial charge in [-0.15, -0.1) is 11.6 Å². The van der Waals surface area contributed by atoms with E-state index in [0.29, 0.717) is 11.3 Å². The molecule has 1 aromatic rings. The van der Waals surface area contributed by atoms with Crippen molar-refractivity contribution in [3.05, 3.63) is 23.8 Å². The number of rotatable bonds is 5. The second-order valence-electron chi connectivity index (χ2n) is 4.98. The summed E-state index contributed by atoms with van der Waals surface area (Å²) in [5, 5.41) is 8.60. The molecule has 0 radical (unpaired) electrons. The van der Waals surface area contributed by atoms with Gasteiger partial charge in [0.25, 0.3) is 5.91 Å². The Morgan fingerprint density at radius 3 is 2.68 bits per heavy atom. The average Bonchev–Trinajstić information content (AvgIpc) is 2.48. The van der Waals surface area contributed by atoms with Crippen LogP contribution < -0.4 is 9.64 Å². The minimum atomic E-state index is -1.11. The maximum atomic E-state index is 12.1. The molecule has 2 rings (SSSR count). The van der Waals surface area contributed by atoms with E-state index in [4.69, 9.17) is 16.3 Å². The van der Waals surface area contributed by atoms with Gasteiger partial charge in [-0.2, -0.15) is 0 Å². The molecular formula is C15H16ClNO5. The van der Waals surface area contributed by atoms with Gasteiger partial charge in [-0.25, -0.2) is 4.79 Å². The Bertz CT molecular complexity index is 628. The van der Waals surface area contributed by atoms with Crippen LogP contribution in [0.1, 0.15) is 30.6 Å². The average molecular weight is 326 g/mol. The highest BCUT2D eigenvalue weighted by Gasteiger charge is 2.35. The van der Waals surface area contributed by atoms with Crippen LogP contribution in [0.4, 0.5) is 5.69 Å². The summed E-state index contributed by atoms with van der Waals surface area (Å²) in [5.74, 6) is -1.49. The van der Waals surface area contributed by atoms with E-state index in [9.17, 15) is 19.5 Å². The molecule has 1 aliphatic rings. The van der Waals surface area contributed by atoms with Crippen LogP contribution in [0, 0.1) is 0 Å². The number of carbonyl (C=O) groups is 3. The van der Waals surface area contributed by atoms with Crippen molar-refractivity contribution >= 4 is 34.9 Å². The van der Waals surface area contributed by atoms with Crippen LogP contribution in [-0.4, -0.2) is 40.8 Å². The molecule has 22 heavy (non-hydrogen) atoms. The molecule has 0 bridgehead atoms. The van der Waals surface area contributed by atoms with E-state index in [2.05, 4.69) is 0 Å². The summed E-state index contributed by atoms with van der Waals surface area (Å²) in [7, 11) is 0. The molecule has 0 spiro atoms. The maximum Gasteiger partial charge on any atom is 0.326 e. The number of nitrogens with zero attached hydrogens (tertiary/aromatic N) is 1. The molecular weight excluding hydrogens is 310 g/mol. The number of halogens is 1. The van der Waals surface area contributed by atoms with E-state index in [0.717, 1.165) is 0 Å². The van der Waals surface area contributed by atoms with E-state index < -0.39 is 23.3 Å². The number of hydrogen-bond donors (Lipinski definition) is 1. The van der Waals surface area contributed by atoms with Gasteiger partial charge in [0.15, 0.2) is 12.4 Å². The lowest BCUT2D eigenvalue weighted by Crippen LogP contribution is -2.49. The van der Waals surface area contributed by atoms with Gasteiger partial charge in [0.2, 0.25) is 0 Å². The first-order valence-corrected chi connectivity index (χ1v) is 7.30. The van der Waals surface area contributed by atoms with E-state index in [1.165, 1.54) is 11.0 Å². The summed E-state index contributed by atoms with van der Waals surface area (Å²) < 4.78 is 5.31. The predicted octanol–water partition coefficient (Wildman–Crippen LogP) is 2.09. The normalized spacial score (nSPS) is 16.5. The molecule has 2 unspecified atom stereocenters. The van der Waals surface area contributed by atoms with Gasteiger partial charge in [-0.1, -0.05) is 6.92 Å². The van der Waals surface area contributed by atoms with Crippen LogP contribution >= 0.6 is 11.6 Å². The number of aliphatic carboxylic acids is 1. The van der Waals surface area contributed by atoms with Crippen molar-refractivity contribution in [2.24, 2.45) is 0 Å². The first-order chi connectivity index (χ1) is 10.4. The molecule has 1 N–H and O–H groups in total. The van der Waals surface area contributed by atoms with Crippen molar-refractivity contribution < 1.29 is 24.2 Å². The summed E-state index contributed by atoms with van der Waals surface area (Å²) in [6, 6.07) is 3.55. The number of carboxylic acid groups (broad SMARTS) is 1. The van der Waals surface area contributed by atoms with E-state index in [-0.39, 0.29) is 24.5 Å². The lowest BCUT2D eigenvalue weighted by Gasteiger charge is -2.33. The number of carboxylic acids is 1. The molecule has 118 valence electrons. The Kier molecular flexibility index (Phi) is 4.71. The minimum absolute atomic E-state index is 0.226. The highest BCUT2D eigenvalue weighted by atomic mass is 35.5. The van der Waals surface area contributed by atoms with Crippen molar-refractivity contribution in [3.63, 3.8) is 0 Å². The highest BCUT2D eigenvalue weighted by Crippen LogP contribution is 2.35. The topological polar surface area (TPSA) is 83.9 Å². The van der Waals surface area contributed by atoms with Gasteiger partial charge in [-0.3, -0.25) is 14.5 Å². The third-order valence-corrected chi connectivity index (χ3v) is 3.67. The van der Waals surface area contributed by atoms with Crippen LogP contribution in [0.5, 0.6) is 5.75 Å². The van der Waals surface area contributed by atoms with Crippen LogP contribution in [0.2, 0.25) is 0 Å². The summed E-state index contributed by atoms with van der Waals surface area (Å²) in [4.78, 5) is 36.7. The van der Waals surface area contributed by atoms with Crippen LogP contribution in [-0.2, 0) is 9.59 Å². The van der Waals surface area contributed by atoms with Crippen molar-refractivity contribution in [1.29, 1.82) is 0 Å². The fourth-order valence-electron chi connectivity index (χ4n) is 2.36. The van der Waals surface area contributed by atoms with E-state index >= 15 is 0 Å². The molecule has 0 saturated carbocycles. The van der Waals surface area contributed by atoms with E-state index in [1.54, 1.807) is 26.0 Å². The lowest BCUT2D eigenvalue weighted by molar-refractivity contribution is -0.140. The first-order valence-electron chi connectivity index (χ1n) is 6.86. The lowest BCUT2D eigenvalue weighted by atomic mass is 10.0. The second-order valence-corrected chi connectivity index (χ2v) is 5.63. The molecule has 1 aliphatic heterocycles. The van der Waals surface area contributed by atoms with Crippen molar-refractivity contribution in [2.45, 2.75) is 31.7 Å². The number of ether oxygens (including phenoxy) is 1. The van der Waals surface area contributed by atoms with Crippen LogP contribution in [0.15, 0.2) is 18.2 Å². The highest BCUT2D eigenvalue weighted by molar-refractivity contribution is 6.33. The third-order valence-electron chi connectivity index (χ3n) is 3.47. The van der Waals surface area contributed by atoms with Crippen LogP contribution in [0.3, 0.4) is 0 Å². The number of ketones is 1. The number of Topliss-reactive ketones (excluding diaryl/α,β-unsaturated/α-hetero) is 1. The van der Waals surface area contributed by atoms with Gasteiger partial charge in [-0.05, 0) is 31.5 Å². The zero-order chi connectivity index (χ0) is 16.4. The smallest absolute Gasteiger partial charge is 0.326 e. The first kappa shape index (κ1) is 16.3. The van der Waals surface area contributed by atoms with Gasteiger partial charge in [0.1, 0.15) is 11.8 Å². The molecule has 6 nitrogen and oxygen atoms in total. The third kappa shape index (κ3) is 2.92.